The summed E-state index contributed by atoms with van der Waals surface area (Å²) in [5, 5.41) is 12.2. The van der Waals surface area contributed by atoms with Crippen molar-refractivity contribution in [3.05, 3.63) is 70.1 Å². The van der Waals surface area contributed by atoms with Gasteiger partial charge in [-0.3, -0.25) is 4.79 Å². The molecule has 0 aromatic heterocycles. The minimum atomic E-state index is -0.975. The largest absolute Gasteiger partial charge is 0.478 e. The lowest BCUT2D eigenvalue weighted by Crippen LogP contribution is -2.19. The van der Waals surface area contributed by atoms with Crippen molar-refractivity contribution >= 4 is 40.6 Å². The number of aromatic carboxylic acids is 1. The molecular formula is C21H20N2O3S. The number of amidine groups is 1. The van der Waals surface area contributed by atoms with Crippen molar-refractivity contribution in [2.45, 2.75) is 26.2 Å². The Labute approximate surface area is 162 Å². The van der Waals surface area contributed by atoms with E-state index in [9.17, 15) is 9.59 Å². The lowest BCUT2D eigenvalue weighted by molar-refractivity contribution is -0.115. The highest BCUT2D eigenvalue weighted by Gasteiger charge is 2.23. The van der Waals surface area contributed by atoms with E-state index in [0.717, 1.165) is 17.7 Å². The van der Waals surface area contributed by atoms with Crippen LogP contribution in [0.4, 0.5) is 5.69 Å². The first kappa shape index (κ1) is 18.9. The van der Waals surface area contributed by atoms with Gasteiger partial charge in [-0.05, 0) is 66.1 Å². The van der Waals surface area contributed by atoms with Gasteiger partial charge in [0.2, 0.25) is 0 Å². The number of carbonyl (C=O) groups excluding carboxylic acids is 1. The molecule has 1 heterocycles. The number of thioether (sulfide) groups is 1. The average Bonchev–Trinajstić information content (AvgIpc) is 3.00. The fourth-order valence-corrected chi connectivity index (χ4v) is 3.43. The van der Waals surface area contributed by atoms with E-state index in [0.29, 0.717) is 10.1 Å². The molecule has 1 aliphatic rings. The Morgan fingerprint density at radius 2 is 1.85 bits per heavy atom. The van der Waals surface area contributed by atoms with Crippen LogP contribution in [0.1, 0.15) is 41.3 Å². The third-order valence-electron chi connectivity index (χ3n) is 4.09. The number of unbranched alkanes of at least 4 members (excludes halogenated alkanes) is 1. The summed E-state index contributed by atoms with van der Waals surface area (Å²) in [7, 11) is 0. The van der Waals surface area contributed by atoms with Crippen molar-refractivity contribution in [3.8, 4) is 0 Å². The summed E-state index contributed by atoms with van der Waals surface area (Å²) in [6.07, 6.45) is 5.12. The van der Waals surface area contributed by atoms with Gasteiger partial charge in [-0.1, -0.05) is 37.6 Å². The Bertz CT molecular complexity index is 900. The molecule has 6 heteroatoms. The zero-order chi connectivity index (χ0) is 19.2. The maximum absolute atomic E-state index is 12.2. The molecule has 1 fully saturated rings. The smallest absolute Gasteiger partial charge is 0.335 e. The van der Waals surface area contributed by atoms with E-state index in [1.54, 1.807) is 18.2 Å². The van der Waals surface area contributed by atoms with Gasteiger partial charge in [0.15, 0.2) is 5.17 Å². The monoisotopic (exact) mass is 380 g/mol. The Morgan fingerprint density at radius 3 is 2.48 bits per heavy atom. The number of carbonyl (C=O) groups is 2. The lowest BCUT2D eigenvalue weighted by atomic mass is 10.1. The van der Waals surface area contributed by atoms with Crippen molar-refractivity contribution in [3.63, 3.8) is 0 Å². The quantitative estimate of drug-likeness (QED) is 0.717. The number of aryl methyl sites for hydroxylation is 1. The molecule has 5 nitrogen and oxygen atoms in total. The Balaban J connectivity index is 1.70. The lowest BCUT2D eigenvalue weighted by Gasteiger charge is -2.01. The van der Waals surface area contributed by atoms with Crippen LogP contribution in [0.5, 0.6) is 0 Å². The van der Waals surface area contributed by atoms with Crippen LogP contribution >= 0.6 is 11.8 Å². The van der Waals surface area contributed by atoms with E-state index in [4.69, 9.17) is 5.11 Å². The summed E-state index contributed by atoms with van der Waals surface area (Å²) in [4.78, 5) is 28.1. The van der Waals surface area contributed by atoms with Gasteiger partial charge >= 0.3 is 5.97 Å². The number of nitrogens with zero attached hydrogens (tertiary/aromatic N) is 1. The van der Waals surface area contributed by atoms with E-state index in [1.165, 1.54) is 42.3 Å². The summed E-state index contributed by atoms with van der Waals surface area (Å²) in [5.74, 6) is -1.18. The van der Waals surface area contributed by atoms with Gasteiger partial charge < -0.3 is 10.4 Å². The number of hydrogen-bond donors (Lipinski definition) is 2. The molecule has 1 amide bonds. The zero-order valence-corrected chi connectivity index (χ0v) is 15.8. The second kappa shape index (κ2) is 8.68. The van der Waals surface area contributed by atoms with Crippen molar-refractivity contribution in [1.29, 1.82) is 0 Å². The van der Waals surface area contributed by atoms with Crippen molar-refractivity contribution in [1.82, 2.24) is 5.32 Å². The van der Waals surface area contributed by atoms with Crippen molar-refractivity contribution in [2.24, 2.45) is 4.99 Å². The van der Waals surface area contributed by atoms with E-state index >= 15 is 0 Å². The molecule has 0 unspecified atom stereocenters. The first-order chi connectivity index (χ1) is 13.0. The minimum absolute atomic E-state index is 0.208. The molecule has 0 atom stereocenters. The molecular weight excluding hydrogens is 360 g/mol. The Kier molecular flexibility index (Phi) is 6.08. The number of amides is 1. The van der Waals surface area contributed by atoms with Crippen LogP contribution in [-0.2, 0) is 11.2 Å². The maximum Gasteiger partial charge on any atom is 0.335 e. The molecule has 27 heavy (non-hydrogen) atoms. The molecule has 0 bridgehead atoms. The third-order valence-corrected chi connectivity index (χ3v) is 5.00. The molecule has 0 aliphatic carbocycles. The maximum atomic E-state index is 12.2. The summed E-state index contributed by atoms with van der Waals surface area (Å²) < 4.78 is 0. The molecule has 1 aliphatic heterocycles. The second-order valence-electron chi connectivity index (χ2n) is 6.18. The molecule has 0 radical (unpaired) electrons. The Hall–Kier alpha value is -2.86. The van der Waals surface area contributed by atoms with Crippen LogP contribution in [0, 0.1) is 0 Å². The number of rotatable bonds is 6. The fraction of sp³-hybridized carbons (Fsp3) is 0.190. The molecule has 0 spiro atoms. The predicted octanol–water partition coefficient (Wildman–Crippen LogP) is 4.62. The first-order valence-electron chi connectivity index (χ1n) is 8.77. The summed E-state index contributed by atoms with van der Waals surface area (Å²) >= 11 is 1.27. The number of benzene rings is 2. The zero-order valence-electron chi connectivity index (χ0n) is 14.9. The van der Waals surface area contributed by atoms with Gasteiger partial charge in [-0.15, -0.1) is 0 Å². The number of aliphatic imine (C=N–C) groups is 1. The number of nitrogens with one attached hydrogen (secondary N) is 1. The highest BCUT2D eigenvalue weighted by Crippen LogP contribution is 2.28. The van der Waals surface area contributed by atoms with Gasteiger partial charge in [0.1, 0.15) is 0 Å². The minimum Gasteiger partial charge on any atom is -0.478 e. The van der Waals surface area contributed by atoms with Crippen LogP contribution in [0.3, 0.4) is 0 Å². The van der Waals surface area contributed by atoms with Crippen molar-refractivity contribution in [2.75, 3.05) is 0 Å². The van der Waals surface area contributed by atoms with Gasteiger partial charge in [0.25, 0.3) is 5.91 Å². The van der Waals surface area contributed by atoms with Crippen molar-refractivity contribution < 1.29 is 14.7 Å². The Morgan fingerprint density at radius 1 is 1.15 bits per heavy atom. The fourth-order valence-electron chi connectivity index (χ4n) is 2.59. The molecule has 2 aromatic carbocycles. The normalized spacial score (nSPS) is 16.7. The van der Waals surface area contributed by atoms with E-state index in [-0.39, 0.29) is 11.5 Å². The van der Waals surface area contributed by atoms with Crippen LogP contribution in [0.25, 0.3) is 6.08 Å². The summed E-state index contributed by atoms with van der Waals surface area (Å²) in [5.41, 5.74) is 3.06. The highest BCUT2D eigenvalue weighted by atomic mass is 32.2. The highest BCUT2D eigenvalue weighted by molar-refractivity contribution is 8.18. The summed E-state index contributed by atoms with van der Waals surface area (Å²) in [6.45, 7) is 2.17. The van der Waals surface area contributed by atoms with Gasteiger partial charge in [-0.2, -0.15) is 0 Å². The van der Waals surface area contributed by atoms with E-state index in [1.807, 2.05) is 12.1 Å². The number of hydrogen-bond acceptors (Lipinski definition) is 4. The van der Waals surface area contributed by atoms with Gasteiger partial charge in [-0.25, -0.2) is 9.79 Å². The molecule has 3 rings (SSSR count). The predicted molar refractivity (Wildman–Crippen MR) is 109 cm³/mol. The molecule has 2 aromatic rings. The van der Waals surface area contributed by atoms with Crippen LogP contribution < -0.4 is 5.32 Å². The van der Waals surface area contributed by atoms with E-state index < -0.39 is 5.97 Å². The average molecular weight is 380 g/mol. The standard InChI is InChI=1S/C21H20N2O3S/c1-2-3-4-14-7-11-17(12-8-14)22-21-23-19(24)18(27-21)13-15-5-9-16(10-6-15)20(25)26/h5-13H,2-4H2,1H3,(H,25,26)(H,22,23,24). The van der Waals surface area contributed by atoms with Crippen LogP contribution in [-0.4, -0.2) is 22.2 Å². The SMILES string of the molecule is CCCCc1ccc(N=C2NC(=O)C(=Cc3ccc(C(=O)O)cc3)S2)cc1. The summed E-state index contributed by atoms with van der Waals surface area (Å²) in [6, 6.07) is 14.4. The molecule has 0 saturated carbocycles. The number of carboxylic acid groups (broad SMARTS) is 1. The molecule has 2 N–H and O–H groups in total. The molecule has 1 saturated heterocycles. The first-order valence-corrected chi connectivity index (χ1v) is 9.58. The molecule has 138 valence electrons. The topological polar surface area (TPSA) is 78.8 Å². The van der Waals surface area contributed by atoms with E-state index in [2.05, 4.69) is 29.4 Å². The van der Waals surface area contributed by atoms with Crippen LogP contribution in [0.2, 0.25) is 0 Å². The number of carboxylic acids is 1. The second-order valence-corrected chi connectivity index (χ2v) is 7.21. The van der Waals surface area contributed by atoms with Gasteiger partial charge in [0, 0.05) is 0 Å². The van der Waals surface area contributed by atoms with Crippen LogP contribution in [0.15, 0.2) is 58.4 Å². The van der Waals surface area contributed by atoms with Gasteiger partial charge in [0.05, 0.1) is 16.2 Å². The third kappa shape index (κ3) is 5.08.